The average molecular weight is 233 g/mol. The molecule has 0 amide bonds. The molecule has 0 aromatic heterocycles. The van der Waals surface area contributed by atoms with Gasteiger partial charge in [0.15, 0.2) is 0 Å². The third-order valence-electron chi connectivity index (χ3n) is 1.98. The molecular weight excluding hydrogens is 219 g/mol. The molecule has 0 spiro atoms. The predicted molar refractivity (Wildman–Crippen MR) is 49.3 cm³/mol. The Labute approximate surface area is 79.5 Å². The Kier molecular flexibility index (Phi) is 4.41. The van der Waals surface area contributed by atoms with Gasteiger partial charge in [0.2, 0.25) is 0 Å². The van der Waals surface area contributed by atoms with Gasteiger partial charge in [-0.2, -0.15) is 0 Å². The van der Waals surface area contributed by atoms with Gasteiger partial charge in [-0.15, -0.1) is 0 Å². The van der Waals surface area contributed by atoms with Crippen molar-refractivity contribution in [3.05, 3.63) is 11.8 Å². The Balaban J connectivity index is 2.29. The fourth-order valence-electron chi connectivity index (χ4n) is 1.30. The van der Waals surface area contributed by atoms with Gasteiger partial charge in [-0.05, 0) is 0 Å². The number of ether oxygens (including phenoxy) is 1. The molecular formula is C9H14O2Se. The summed E-state index contributed by atoms with van der Waals surface area (Å²) in [7, 11) is 0. The number of rotatable bonds is 2. The molecule has 0 bridgehead atoms. The fraction of sp³-hybridized carbons (Fsp3) is 0.667. The van der Waals surface area contributed by atoms with Crippen molar-refractivity contribution < 1.29 is 9.53 Å². The van der Waals surface area contributed by atoms with E-state index in [0.29, 0.717) is 0 Å². The van der Waals surface area contributed by atoms with Crippen LogP contribution >= 0.6 is 0 Å². The van der Waals surface area contributed by atoms with Crippen LogP contribution in [-0.2, 0) is 4.74 Å². The molecule has 1 fully saturated rings. The van der Waals surface area contributed by atoms with E-state index in [2.05, 4.69) is 0 Å². The maximum absolute atomic E-state index is 10.8. The Morgan fingerprint density at radius 3 is 2.67 bits per heavy atom. The van der Waals surface area contributed by atoms with Gasteiger partial charge < -0.3 is 0 Å². The summed E-state index contributed by atoms with van der Waals surface area (Å²) < 4.78 is 4.96. The van der Waals surface area contributed by atoms with E-state index in [1.165, 1.54) is 24.8 Å². The molecule has 12 heavy (non-hydrogen) atoms. The first-order valence-electron chi connectivity index (χ1n) is 4.25. The standard InChI is InChI=1S/C9H14O2Se/c1-12-9(10)11-7-8-5-3-2-4-6-8/h7H,2-6H2,1H3. The Hall–Kier alpha value is -0.271. The monoisotopic (exact) mass is 234 g/mol. The third-order valence-corrected chi connectivity index (χ3v) is 2.89. The van der Waals surface area contributed by atoms with Gasteiger partial charge >= 0.3 is 79.1 Å². The summed E-state index contributed by atoms with van der Waals surface area (Å²) in [6.45, 7) is 0. The zero-order chi connectivity index (χ0) is 8.81. The van der Waals surface area contributed by atoms with Gasteiger partial charge in [-0.3, -0.25) is 0 Å². The second-order valence-corrected chi connectivity index (χ2v) is 4.46. The quantitative estimate of drug-likeness (QED) is 0.541. The molecule has 0 N–H and O–H groups in total. The van der Waals surface area contributed by atoms with E-state index in [-0.39, 0.29) is 19.8 Å². The molecule has 1 rings (SSSR count). The van der Waals surface area contributed by atoms with Crippen LogP contribution in [0.4, 0.5) is 4.79 Å². The van der Waals surface area contributed by atoms with Crippen molar-refractivity contribution >= 4 is 19.8 Å². The van der Waals surface area contributed by atoms with Crippen molar-refractivity contribution in [1.82, 2.24) is 0 Å². The van der Waals surface area contributed by atoms with Crippen molar-refractivity contribution in [3.63, 3.8) is 0 Å². The van der Waals surface area contributed by atoms with Gasteiger partial charge in [0.05, 0.1) is 0 Å². The van der Waals surface area contributed by atoms with E-state index < -0.39 is 0 Å². The van der Waals surface area contributed by atoms with Crippen LogP contribution < -0.4 is 0 Å². The summed E-state index contributed by atoms with van der Waals surface area (Å²) in [5.74, 6) is 1.87. The first-order chi connectivity index (χ1) is 5.83. The molecule has 0 saturated heterocycles. The second kappa shape index (κ2) is 5.39. The summed E-state index contributed by atoms with van der Waals surface area (Å²) in [4.78, 5) is 10.7. The summed E-state index contributed by atoms with van der Waals surface area (Å²) in [6.07, 6.45) is 7.73. The van der Waals surface area contributed by atoms with Crippen molar-refractivity contribution in [1.29, 1.82) is 0 Å². The van der Waals surface area contributed by atoms with Gasteiger partial charge in [0, 0.05) is 0 Å². The minimum absolute atomic E-state index is 0.0221. The maximum atomic E-state index is 10.8. The molecule has 1 aliphatic rings. The van der Waals surface area contributed by atoms with Crippen molar-refractivity contribution in [2.45, 2.75) is 37.9 Å². The van der Waals surface area contributed by atoms with Crippen LogP contribution in [0.15, 0.2) is 11.8 Å². The Morgan fingerprint density at radius 2 is 2.08 bits per heavy atom. The van der Waals surface area contributed by atoms with Crippen molar-refractivity contribution in [2.24, 2.45) is 0 Å². The van der Waals surface area contributed by atoms with Crippen molar-refractivity contribution in [3.8, 4) is 0 Å². The molecule has 2 nitrogen and oxygen atoms in total. The van der Waals surface area contributed by atoms with E-state index in [4.69, 9.17) is 4.74 Å². The molecule has 1 aliphatic carbocycles. The zero-order valence-corrected chi connectivity index (χ0v) is 9.05. The minimum atomic E-state index is -0.0689. The van der Waals surface area contributed by atoms with Crippen molar-refractivity contribution in [2.75, 3.05) is 0 Å². The molecule has 0 unspecified atom stereocenters. The summed E-state index contributed by atoms with van der Waals surface area (Å²) in [5, 5.41) is 0. The van der Waals surface area contributed by atoms with Crippen LogP contribution in [0.1, 0.15) is 32.1 Å². The second-order valence-electron chi connectivity index (χ2n) is 2.91. The van der Waals surface area contributed by atoms with Crippen LogP contribution in [0, 0.1) is 0 Å². The third kappa shape index (κ3) is 3.42. The van der Waals surface area contributed by atoms with Crippen LogP contribution in [-0.4, -0.2) is 19.8 Å². The van der Waals surface area contributed by atoms with E-state index in [1.54, 1.807) is 6.26 Å². The number of carbonyl (C=O) groups is 1. The molecule has 0 aromatic carbocycles. The molecule has 0 radical (unpaired) electrons. The Morgan fingerprint density at radius 1 is 1.42 bits per heavy atom. The van der Waals surface area contributed by atoms with E-state index in [9.17, 15) is 4.79 Å². The van der Waals surface area contributed by atoms with E-state index >= 15 is 0 Å². The van der Waals surface area contributed by atoms with Gasteiger partial charge in [0.25, 0.3) is 0 Å². The number of hydrogen-bond acceptors (Lipinski definition) is 2. The summed E-state index contributed by atoms with van der Waals surface area (Å²) >= 11 is -0.0221. The fourth-order valence-corrected chi connectivity index (χ4v) is 1.61. The van der Waals surface area contributed by atoms with Gasteiger partial charge in [0.1, 0.15) is 0 Å². The van der Waals surface area contributed by atoms with Gasteiger partial charge in [-0.25, -0.2) is 0 Å². The Bertz CT molecular complexity index is 179. The molecule has 0 aromatic rings. The van der Waals surface area contributed by atoms with Crippen LogP contribution in [0.5, 0.6) is 0 Å². The molecule has 1 saturated carbocycles. The molecule has 0 heterocycles. The molecule has 3 heteroatoms. The number of allylic oxidation sites excluding steroid dienone is 1. The number of carbonyl (C=O) groups excluding carboxylic acids is 1. The normalized spacial score (nSPS) is 17.2. The first kappa shape index (κ1) is 9.81. The molecule has 0 aliphatic heterocycles. The SMILES string of the molecule is C[Se]C(=O)OC=C1CCCCC1. The van der Waals surface area contributed by atoms with Crippen LogP contribution in [0.25, 0.3) is 0 Å². The predicted octanol–water partition coefficient (Wildman–Crippen LogP) is 2.72. The zero-order valence-electron chi connectivity index (χ0n) is 7.34. The summed E-state index contributed by atoms with van der Waals surface area (Å²) in [6, 6.07) is 0. The van der Waals surface area contributed by atoms with E-state index in [1.807, 2.05) is 5.82 Å². The summed E-state index contributed by atoms with van der Waals surface area (Å²) in [5.41, 5.74) is 1.30. The van der Waals surface area contributed by atoms with Gasteiger partial charge in [-0.1, -0.05) is 0 Å². The topological polar surface area (TPSA) is 26.3 Å². The average Bonchev–Trinajstić information content (AvgIpc) is 2.16. The van der Waals surface area contributed by atoms with E-state index in [0.717, 1.165) is 12.8 Å². The van der Waals surface area contributed by atoms with Crippen LogP contribution in [0.3, 0.4) is 0 Å². The molecule has 0 atom stereocenters. The first-order valence-corrected chi connectivity index (χ1v) is 6.82. The number of hydrogen-bond donors (Lipinski definition) is 0. The van der Waals surface area contributed by atoms with Crippen LogP contribution in [0.2, 0.25) is 5.82 Å². The molecule has 68 valence electrons.